The molecule has 0 heterocycles. The van der Waals surface area contributed by atoms with Crippen LogP contribution in [0.5, 0.6) is 0 Å². The van der Waals surface area contributed by atoms with Gasteiger partial charge in [-0.3, -0.25) is 0 Å². The first-order chi connectivity index (χ1) is 5.47. The number of sulfonamides is 1. The van der Waals surface area contributed by atoms with E-state index in [1.807, 2.05) is 0 Å². The van der Waals surface area contributed by atoms with Gasteiger partial charge in [-0.05, 0) is 25.2 Å². The average molecular weight is 195 g/mol. The number of nitrogens with two attached hydrogens (primary N) is 1. The molecule has 1 aliphatic rings. The quantitative estimate of drug-likeness (QED) is 0.708. The number of hydrogen-bond donors (Lipinski definition) is 1. The van der Waals surface area contributed by atoms with Gasteiger partial charge in [-0.15, -0.1) is 0 Å². The maximum atomic E-state index is 12.8. The Bertz CT molecular complexity index is 240. The van der Waals surface area contributed by atoms with Gasteiger partial charge in [0.15, 0.2) is 0 Å². The predicted molar refractivity (Wildman–Crippen MR) is 44.8 cm³/mol. The monoisotopic (exact) mass is 195 g/mol. The van der Waals surface area contributed by atoms with Crippen LogP contribution in [0.1, 0.15) is 25.7 Å². The number of rotatable bonds is 2. The molecule has 0 bridgehead atoms. The second-order valence-electron chi connectivity index (χ2n) is 3.46. The standard InChI is InChI=1S/C7H14FNO2S/c8-7-3-1-2-6(4-7)5-12(9,10)11/h6-7H,1-5H2,(H2,9,10,11). The van der Waals surface area contributed by atoms with Crippen LogP contribution in [0.25, 0.3) is 0 Å². The van der Waals surface area contributed by atoms with Gasteiger partial charge in [0.25, 0.3) is 0 Å². The molecule has 1 rings (SSSR count). The molecule has 2 atom stereocenters. The Hall–Kier alpha value is -0.160. The van der Waals surface area contributed by atoms with Gasteiger partial charge >= 0.3 is 0 Å². The fourth-order valence-corrected chi connectivity index (χ4v) is 2.67. The number of primary sulfonamides is 1. The van der Waals surface area contributed by atoms with E-state index in [1.54, 1.807) is 0 Å². The van der Waals surface area contributed by atoms with Crippen molar-refractivity contribution in [2.45, 2.75) is 31.9 Å². The minimum atomic E-state index is -3.41. The third-order valence-electron chi connectivity index (χ3n) is 2.19. The lowest BCUT2D eigenvalue weighted by atomic mass is 9.89. The molecule has 72 valence electrons. The number of alkyl halides is 1. The van der Waals surface area contributed by atoms with Crippen LogP contribution in [0.4, 0.5) is 4.39 Å². The molecule has 5 heteroatoms. The van der Waals surface area contributed by atoms with E-state index in [0.717, 1.165) is 12.8 Å². The molecule has 0 radical (unpaired) electrons. The molecule has 2 N–H and O–H groups in total. The van der Waals surface area contributed by atoms with Crippen molar-refractivity contribution >= 4 is 10.0 Å². The Morgan fingerprint density at radius 1 is 1.42 bits per heavy atom. The van der Waals surface area contributed by atoms with Gasteiger partial charge in [0.2, 0.25) is 10.0 Å². The van der Waals surface area contributed by atoms with Crippen LogP contribution < -0.4 is 5.14 Å². The van der Waals surface area contributed by atoms with E-state index in [-0.39, 0.29) is 11.7 Å². The number of hydrogen-bond acceptors (Lipinski definition) is 2. The lowest BCUT2D eigenvalue weighted by molar-refractivity contribution is 0.209. The molecule has 2 unspecified atom stereocenters. The van der Waals surface area contributed by atoms with Gasteiger partial charge in [0, 0.05) is 0 Å². The number of halogens is 1. The minimum absolute atomic E-state index is 0.0621. The van der Waals surface area contributed by atoms with Crippen LogP contribution >= 0.6 is 0 Å². The molecule has 0 aromatic heterocycles. The Morgan fingerprint density at radius 3 is 2.58 bits per heavy atom. The molecule has 0 spiro atoms. The molecule has 0 aliphatic heterocycles. The zero-order valence-corrected chi connectivity index (χ0v) is 7.69. The first kappa shape index (κ1) is 9.92. The van der Waals surface area contributed by atoms with E-state index < -0.39 is 16.2 Å². The zero-order chi connectivity index (χ0) is 9.19. The summed E-state index contributed by atoms with van der Waals surface area (Å²) in [4.78, 5) is 0. The summed E-state index contributed by atoms with van der Waals surface area (Å²) in [6, 6.07) is 0. The lowest BCUT2D eigenvalue weighted by Crippen LogP contribution is -2.27. The summed E-state index contributed by atoms with van der Waals surface area (Å²) >= 11 is 0. The van der Waals surface area contributed by atoms with Crippen LogP contribution in [-0.4, -0.2) is 20.3 Å². The van der Waals surface area contributed by atoms with Crippen LogP contribution in [-0.2, 0) is 10.0 Å². The minimum Gasteiger partial charge on any atom is -0.247 e. The van der Waals surface area contributed by atoms with E-state index in [9.17, 15) is 12.8 Å². The molecule has 12 heavy (non-hydrogen) atoms. The van der Waals surface area contributed by atoms with Crippen molar-refractivity contribution in [2.24, 2.45) is 11.1 Å². The molecule has 0 amide bonds. The van der Waals surface area contributed by atoms with E-state index in [4.69, 9.17) is 5.14 Å². The van der Waals surface area contributed by atoms with Crippen LogP contribution in [0.2, 0.25) is 0 Å². The summed E-state index contributed by atoms with van der Waals surface area (Å²) in [5.74, 6) is -0.128. The van der Waals surface area contributed by atoms with Crippen molar-refractivity contribution < 1.29 is 12.8 Å². The highest BCUT2D eigenvalue weighted by Crippen LogP contribution is 2.26. The Balaban J connectivity index is 2.43. The van der Waals surface area contributed by atoms with Crippen LogP contribution in [0.15, 0.2) is 0 Å². The topological polar surface area (TPSA) is 60.2 Å². The Morgan fingerprint density at radius 2 is 2.08 bits per heavy atom. The highest BCUT2D eigenvalue weighted by molar-refractivity contribution is 7.89. The first-order valence-electron chi connectivity index (χ1n) is 4.12. The van der Waals surface area contributed by atoms with Crippen LogP contribution in [0, 0.1) is 5.92 Å². The maximum absolute atomic E-state index is 12.8. The van der Waals surface area contributed by atoms with Crippen molar-refractivity contribution in [1.29, 1.82) is 0 Å². The third kappa shape index (κ3) is 3.49. The van der Waals surface area contributed by atoms with Gasteiger partial charge in [0.05, 0.1) is 5.75 Å². The van der Waals surface area contributed by atoms with E-state index in [1.165, 1.54) is 0 Å². The fraction of sp³-hybridized carbons (Fsp3) is 1.00. The smallest absolute Gasteiger partial charge is 0.209 e. The molecule has 0 aromatic carbocycles. The molecule has 0 saturated heterocycles. The highest BCUT2D eigenvalue weighted by atomic mass is 32.2. The van der Waals surface area contributed by atoms with Gasteiger partial charge < -0.3 is 0 Å². The zero-order valence-electron chi connectivity index (χ0n) is 6.87. The van der Waals surface area contributed by atoms with Crippen molar-refractivity contribution in [3.8, 4) is 0 Å². The molecule has 1 aliphatic carbocycles. The van der Waals surface area contributed by atoms with E-state index in [2.05, 4.69) is 0 Å². The average Bonchev–Trinajstić information content (AvgIpc) is 1.82. The van der Waals surface area contributed by atoms with Crippen molar-refractivity contribution in [3.63, 3.8) is 0 Å². The summed E-state index contributed by atoms with van der Waals surface area (Å²) in [5, 5.41) is 4.86. The molecular formula is C7H14FNO2S. The molecule has 1 fully saturated rings. The fourth-order valence-electron chi connectivity index (χ4n) is 1.71. The SMILES string of the molecule is NS(=O)(=O)CC1CCCC(F)C1. The Labute approximate surface area is 72.2 Å². The molecular weight excluding hydrogens is 181 g/mol. The van der Waals surface area contributed by atoms with E-state index >= 15 is 0 Å². The van der Waals surface area contributed by atoms with Crippen molar-refractivity contribution in [1.82, 2.24) is 0 Å². The van der Waals surface area contributed by atoms with Crippen molar-refractivity contribution in [3.05, 3.63) is 0 Å². The van der Waals surface area contributed by atoms with Gasteiger partial charge in [0.1, 0.15) is 6.17 Å². The third-order valence-corrected chi connectivity index (χ3v) is 3.12. The summed E-state index contributed by atoms with van der Waals surface area (Å²) in [7, 11) is -3.41. The summed E-state index contributed by atoms with van der Waals surface area (Å²) < 4.78 is 34.1. The largest absolute Gasteiger partial charge is 0.247 e. The molecule has 0 aromatic rings. The second kappa shape index (κ2) is 3.70. The van der Waals surface area contributed by atoms with Gasteiger partial charge in [-0.25, -0.2) is 17.9 Å². The summed E-state index contributed by atoms with van der Waals surface area (Å²) in [5.41, 5.74) is 0. The summed E-state index contributed by atoms with van der Waals surface area (Å²) in [6.07, 6.45) is 1.67. The van der Waals surface area contributed by atoms with Crippen molar-refractivity contribution in [2.75, 3.05) is 5.75 Å². The normalized spacial score (nSPS) is 31.8. The van der Waals surface area contributed by atoms with Gasteiger partial charge in [-0.1, -0.05) is 6.42 Å². The maximum Gasteiger partial charge on any atom is 0.209 e. The summed E-state index contributed by atoms with van der Waals surface area (Å²) in [6.45, 7) is 0. The Kier molecular flexibility index (Phi) is 3.06. The first-order valence-corrected chi connectivity index (χ1v) is 5.83. The van der Waals surface area contributed by atoms with Gasteiger partial charge in [-0.2, -0.15) is 0 Å². The van der Waals surface area contributed by atoms with E-state index in [0.29, 0.717) is 12.8 Å². The highest BCUT2D eigenvalue weighted by Gasteiger charge is 2.24. The predicted octanol–water partition coefficient (Wildman–Crippen LogP) is 0.803. The lowest BCUT2D eigenvalue weighted by Gasteiger charge is -2.23. The molecule has 3 nitrogen and oxygen atoms in total. The second-order valence-corrected chi connectivity index (χ2v) is 5.12. The molecule has 1 saturated carbocycles. The van der Waals surface area contributed by atoms with Crippen LogP contribution in [0.3, 0.4) is 0 Å².